The second kappa shape index (κ2) is 3.34. The quantitative estimate of drug-likeness (QED) is 0.694. The Morgan fingerprint density at radius 3 is 2.73 bits per heavy atom. The Labute approximate surface area is 84.1 Å². The summed E-state index contributed by atoms with van der Waals surface area (Å²) >= 11 is 0. The van der Waals surface area contributed by atoms with E-state index < -0.39 is 11.2 Å². The van der Waals surface area contributed by atoms with Crippen LogP contribution in [0.15, 0.2) is 9.59 Å². The highest BCUT2D eigenvalue weighted by molar-refractivity contribution is 5.67. The molecule has 0 amide bonds. The number of hydrogen-bond donors (Lipinski definition) is 2. The van der Waals surface area contributed by atoms with Gasteiger partial charge >= 0.3 is 5.69 Å². The molecule has 0 unspecified atom stereocenters. The topological polar surface area (TPSA) is 96.4 Å². The van der Waals surface area contributed by atoms with Gasteiger partial charge in [0.05, 0.1) is 0 Å². The first-order valence-corrected chi connectivity index (χ1v) is 4.63. The van der Waals surface area contributed by atoms with E-state index in [4.69, 9.17) is 0 Å². The van der Waals surface area contributed by atoms with Crippen molar-refractivity contribution in [1.82, 2.24) is 25.0 Å². The molecule has 0 aliphatic carbocycles. The summed E-state index contributed by atoms with van der Waals surface area (Å²) in [6.07, 6.45) is 0. The Bertz CT molecular complexity index is 591. The van der Waals surface area contributed by atoms with Crippen LogP contribution >= 0.6 is 0 Å². The van der Waals surface area contributed by atoms with E-state index in [-0.39, 0.29) is 5.65 Å². The molecule has 2 aromatic heterocycles. The van der Waals surface area contributed by atoms with Gasteiger partial charge in [0.2, 0.25) is 0 Å². The monoisotopic (exact) mass is 209 g/mol. The van der Waals surface area contributed by atoms with Gasteiger partial charge in [-0.2, -0.15) is 0 Å². The van der Waals surface area contributed by atoms with E-state index in [9.17, 15) is 9.59 Å². The fourth-order valence-electron chi connectivity index (χ4n) is 1.40. The predicted octanol–water partition coefficient (Wildman–Crippen LogP) is -0.536. The van der Waals surface area contributed by atoms with Gasteiger partial charge in [-0.1, -0.05) is 19.1 Å². The van der Waals surface area contributed by atoms with E-state index in [1.54, 1.807) is 0 Å². The van der Waals surface area contributed by atoms with Crippen molar-refractivity contribution < 1.29 is 0 Å². The highest BCUT2D eigenvalue weighted by Crippen LogP contribution is 2.03. The summed E-state index contributed by atoms with van der Waals surface area (Å²) in [6, 6.07) is 0. The third kappa shape index (κ3) is 1.67. The second-order valence-electron chi connectivity index (χ2n) is 3.77. The Kier molecular flexibility index (Phi) is 2.14. The molecule has 7 nitrogen and oxygen atoms in total. The number of hydrogen-bond acceptors (Lipinski definition) is 4. The maximum Gasteiger partial charge on any atom is 0.327 e. The van der Waals surface area contributed by atoms with Gasteiger partial charge in [0.15, 0.2) is 11.2 Å². The molecule has 0 saturated carbocycles. The molecule has 0 atom stereocenters. The lowest BCUT2D eigenvalue weighted by atomic mass is 10.2. The molecule has 80 valence electrons. The van der Waals surface area contributed by atoms with Crippen LogP contribution in [0.3, 0.4) is 0 Å². The van der Waals surface area contributed by atoms with E-state index in [0.717, 1.165) is 0 Å². The van der Waals surface area contributed by atoms with Gasteiger partial charge in [0.25, 0.3) is 5.56 Å². The Hall–Kier alpha value is -1.92. The summed E-state index contributed by atoms with van der Waals surface area (Å²) in [5, 5.41) is 7.54. The zero-order valence-corrected chi connectivity index (χ0v) is 8.44. The summed E-state index contributed by atoms with van der Waals surface area (Å²) in [5.74, 6) is 0.348. The van der Waals surface area contributed by atoms with Crippen LogP contribution < -0.4 is 11.2 Å². The minimum Gasteiger partial charge on any atom is -0.288 e. The molecule has 0 bridgehead atoms. The van der Waals surface area contributed by atoms with Crippen LogP contribution in [-0.4, -0.2) is 25.0 Å². The lowest BCUT2D eigenvalue weighted by Crippen LogP contribution is -2.24. The number of fused-ring (bicyclic) bond motifs is 1. The fourth-order valence-corrected chi connectivity index (χ4v) is 1.40. The lowest BCUT2D eigenvalue weighted by Gasteiger charge is -2.03. The SMILES string of the molecule is CC(C)Cn1nnc2[nH]c(=O)[nH]c(=O)c21. The minimum atomic E-state index is -0.566. The largest absolute Gasteiger partial charge is 0.327 e. The Morgan fingerprint density at radius 1 is 1.33 bits per heavy atom. The van der Waals surface area contributed by atoms with Crippen LogP contribution in [0.25, 0.3) is 11.2 Å². The van der Waals surface area contributed by atoms with Crippen molar-refractivity contribution in [2.24, 2.45) is 5.92 Å². The summed E-state index contributed by atoms with van der Waals surface area (Å²) in [6.45, 7) is 4.60. The first kappa shape index (κ1) is 9.63. The van der Waals surface area contributed by atoms with Gasteiger partial charge in [-0.15, -0.1) is 5.10 Å². The third-order valence-corrected chi connectivity index (χ3v) is 1.95. The molecule has 2 rings (SSSR count). The van der Waals surface area contributed by atoms with Gasteiger partial charge < -0.3 is 0 Å². The van der Waals surface area contributed by atoms with Crippen LogP contribution in [-0.2, 0) is 6.54 Å². The van der Waals surface area contributed by atoms with Crippen LogP contribution in [0, 0.1) is 5.92 Å². The molecule has 0 aliphatic rings. The third-order valence-electron chi connectivity index (χ3n) is 1.95. The molecule has 2 aromatic rings. The molecule has 0 spiro atoms. The normalized spacial score (nSPS) is 11.4. The van der Waals surface area contributed by atoms with Crippen LogP contribution in [0.5, 0.6) is 0 Å². The van der Waals surface area contributed by atoms with Crippen molar-refractivity contribution in [2.45, 2.75) is 20.4 Å². The molecule has 0 radical (unpaired) electrons. The highest BCUT2D eigenvalue weighted by Gasteiger charge is 2.10. The summed E-state index contributed by atoms with van der Waals surface area (Å²) in [4.78, 5) is 27.0. The van der Waals surface area contributed by atoms with Gasteiger partial charge in [-0.3, -0.25) is 14.8 Å². The molecule has 0 aromatic carbocycles. The Morgan fingerprint density at radius 2 is 2.07 bits per heavy atom. The molecular weight excluding hydrogens is 198 g/mol. The van der Waals surface area contributed by atoms with Gasteiger partial charge in [-0.05, 0) is 5.92 Å². The molecule has 0 saturated heterocycles. The average molecular weight is 209 g/mol. The number of rotatable bonds is 2. The number of nitrogens with zero attached hydrogens (tertiary/aromatic N) is 3. The van der Waals surface area contributed by atoms with E-state index >= 15 is 0 Å². The zero-order valence-electron chi connectivity index (χ0n) is 8.44. The zero-order chi connectivity index (χ0) is 11.0. The minimum absolute atomic E-state index is 0.226. The smallest absolute Gasteiger partial charge is 0.288 e. The molecule has 2 heterocycles. The lowest BCUT2D eigenvalue weighted by molar-refractivity contribution is 0.482. The van der Waals surface area contributed by atoms with E-state index in [2.05, 4.69) is 20.3 Å². The van der Waals surface area contributed by atoms with E-state index in [1.165, 1.54) is 4.68 Å². The first-order chi connectivity index (χ1) is 7.08. The number of nitrogens with one attached hydrogen (secondary N) is 2. The molecule has 7 heteroatoms. The number of aromatic amines is 2. The molecule has 2 N–H and O–H groups in total. The average Bonchev–Trinajstić information content (AvgIpc) is 2.46. The Balaban J connectivity index is 2.69. The van der Waals surface area contributed by atoms with Gasteiger partial charge in [-0.25, -0.2) is 9.48 Å². The summed E-state index contributed by atoms with van der Waals surface area (Å²) in [7, 11) is 0. The highest BCUT2D eigenvalue weighted by atomic mass is 16.2. The van der Waals surface area contributed by atoms with Gasteiger partial charge in [0.1, 0.15) is 0 Å². The van der Waals surface area contributed by atoms with Crippen LogP contribution in [0.1, 0.15) is 13.8 Å². The maximum absolute atomic E-state index is 11.5. The van der Waals surface area contributed by atoms with E-state index in [1.807, 2.05) is 13.8 Å². The summed E-state index contributed by atoms with van der Waals surface area (Å²) < 4.78 is 1.49. The molecule has 0 fully saturated rings. The van der Waals surface area contributed by atoms with Crippen molar-refractivity contribution in [3.05, 3.63) is 20.8 Å². The maximum atomic E-state index is 11.5. The molecular formula is C8H11N5O2. The summed E-state index contributed by atoms with van der Waals surface area (Å²) in [5.41, 5.74) is -0.490. The van der Waals surface area contributed by atoms with Crippen LogP contribution in [0.2, 0.25) is 0 Å². The van der Waals surface area contributed by atoms with Crippen molar-refractivity contribution >= 4 is 11.2 Å². The molecule has 15 heavy (non-hydrogen) atoms. The van der Waals surface area contributed by atoms with Crippen LogP contribution in [0.4, 0.5) is 0 Å². The van der Waals surface area contributed by atoms with Crippen molar-refractivity contribution in [2.75, 3.05) is 0 Å². The molecule has 0 aliphatic heterocycles. The standard InChI is InChI=1S/C8H11N5O2/c1-4(2)3-13-5-6(11-12-13)9-8(15)10-7(5)14/h4H,3H2,1-2H3,(H2,9,10,14,15). The predicted molar refractivity (Wildman–Crippen MR) is 53.6 cm³/mol. The number of aromatic nitrogens is 5. The fraction of sp³-hybridized carbons (Fsp3) is 0.500. The van der Waals surface area contributed by atoms with Crippen molar-refractivity contribution in [3.63, 3.8) is 0 Å². The van der Waals surface area contributed by atoms with Gasteiger partial charge in [0, 0.05) is 6.54 Å². The van der Waals surface area contributed by atoms with E-state index in [0.29, 0.717) is 18.0 Å². The number of H-pyrrole nitrogens is 2. The first-order valence-electron chi connectivity index (χ1n) is 4.63. The second-order valence-corrected chi connectivity index (χ2v) is 3.77. The van der Waals surface area contributed by atoms with Crippen molar-refractivity contribution in [1.29, 1.82) is 0 Å². The van der Waals surface area contributed by atoms with Crippen molar-refractivity contribution in [3.8, 4) is 0 Å².